The first kappa shape index (κ1) is 73.1. The highest BCUT2D eigenvalue weighted by Crippen LogP contribution is 2.61. The monoisotopic (exact) mass is 1260 g/mol. The molecular weight excluding hydrogens is 1170 g/mol. The summed E-state index contributed by atoms with van der Waals surface area (Å²) in [4.78, 5) is 60.2. The Bertz CT molecular complexity index is 2320. The first-order chi connectivity index (χ1) is 38.9. The van der Waals surface area contributed by atoms with Crippen molar-refractivity contribution in [1.29, 1.82) is 0 Å². The summed E-state index contributed by atoms with van der Waals surface area (Å²) in [6.45, 7) is 23.5. The summed E-state index contributed by atoms with van der Waals surface area (Å²) in [5.41, 5.74) is -15.2. The summed E-state index contributed by atoms with van der Waals surface area (Å²) < 4.78 is 193. The molecule has 0 aromatic carbocycles. The Labute approximate surface area is 495 Å². The van der Waals surface area contributed by atoms with Crippen LogP contribution < -0.4 is 0 Å². The zero-order valence-corrected chi connectivity index (χ0v) is 51.6. The molecule has 0 aromatic rings. The molecule has 0 aromatic heterocycles. The molecule has 6 saturated carbocycles. The van der Waals surface area contributed by atoms with Gasteiger partial charge in [0.05, 0.1) is 39.3 Å². The number of hydrogen-bond donors (Lipinski definition) is 3. The molecule has 6 aliphatic carbocycles. The maximum absolute atomic E-state index is 13.3. The van der Waals surface area contributed by atoms with Crippen molar-refractivity contribution >= 4 is 29.8 Å². The van der Waals surface area contributed by atoms with Crippen LogP contribution in [0.4, 0.5) is 52.7 Å². The quantitative estimate of drug-likeness (QED) is 0.0794. The van der Waals surface area contributed by atoms with Gasteiger partial charge in [0.1, 0.15) is 23.4 Å². The van der Waals surface area contributed by atoms with Crippen LogP contribution in [0.1, 0.15) is 212 Å². The van der Waals surface area contributed by atoms with E-state index in [0.29, 0.717) is 31.1 Å². The maximum Gasteiger partial charge on any atom is 0.426 e. The molecule has 9 fully saturated rings. The van der Waals surface area contributed by atoms with Crippen LogP contribution in [-0.4, -0.2) is 128 Å². The Morgan fingerprint density at radius 2 is 0.930 bits per heavy atom. The van der Waals surface area contributed by atoms with Gasteiger partial charge in [-0.1, -0.05) is 34.6 Å². The number of rotatable bonds is 15. The van der Waals surface area contributed by atoms with Crippen molar-refractivity contribution in [1.82, 2.24) is 0 Å². The second-order valence-electron chi connectivity index (χ2n) is 28.2. The number of halogens is 12. The van der Waals surface area contributed by atoms with Gasteiger partial charge in [0.15, 0.2) is 12.2 Å². The lowest BCUT2D eigenvalue weighted by Crippen LogP contribution is -2.67. The second-order valence-corrected chi connectivity index (χ2v) is 28.2. The molecule has 9 rings (SSSR count). The first-order valence-electron chi connectivity index (χ1n) is 30.1. The zero-order chi connectivity index (χ0) is 65.8. The minimum absolute atomic E-state index is 0.0184. The van der Waals surface area contributed by atoms with Gasteiger partial charge < -0.3 is 43.7 Å². The van der Waals surface area contributed by atoms with E-state index >= 15 is 0 Å². The average molecular weight is 1260 g/mol. The number of carbonyl (C=O) groups excluding carboxylic acids is 5. The van der Waals surface area contributed by atoms with Gasteiger partial charge in [-0.3, -0.25) is 24.0 Å². The van der Waals surface area contributed by atoms with Crippen molar-refractivity contribution in [2.45, 2.75) is 295 Å². The van der Waals surface area contributed by atoms with Crippen LogP contribution in [0.25, 0.3) is 0 Å². The highest BCUT2D eigenvalue weighted by Gasteiger charge is 2.79. The molecule has 498 valence electrons. The van der Waals surface area contributed by atoms with E-state index in [1.807, 2.05) is 62.3 Å². The van der Waals surface area contributed by atoms with Crippen LogP contribution in [0.3, 0.4) is 0 Å². The number of ether oxygens (including phenoxy) is 6. The van der Waals surface area contributed by atoms with E-state index in [0.717, 1.165) is 57.8 Å². The van der Waals surface area contributed by atoms with Gasteiger partial charge >= 0.3 is 54.6 Å². The van der Waals surface area contributed by atoms with Crippen molar-refractivity contribution in [3.63, 3.8) is 0 Å². The Morgan fingerprint density at radius 1 is 0.535 bits per heavy atom. The van der Waals surface area contributed by atoms with Gasteiger partial charge in [0, 0.05) is 18.3 Å². The SMILES string of the molecule is CCC(C)(C)C(=O)OC12CC3CC(CC(O)(C3)C1)C2.CCC(C)(C)C(=O)OC1C2CC3C(=O)OC1C3O2.CCC(C)(C)C(=O)OC1CC(C(O)(C(F)(F)F)C(F)(F)F)CC(C(O)(C(F)(F)F)C(F)(F)F)C1.CCC1(OC(=O)C(C)(C)CC)CCCC1. The number of esters is 5. The van der Waals surface area contributed by atoms with Crippen molar-refractivity contribution in [2.24, 2.45) is 51.2 Å². The van der Waals surface area contributed by atoms with Gasteiger partial charge in [-0.15, -0.1) is 0 Å². The number of aliphatic hydroxyl groups is 3. The fraction of sp³-hybridized carbons (Fsp3) is 0.917. The zero-order valence-electron chi connectivity index (χ0n) is 51.6. The standard InChI is InChI=1S/C18H22F12O4.C16H26O3.C13H18O5.C13H24O2/c1-4-12(2,3)11(31)34-10-6-8(13(32,15(19,20)21)16(22,23)24)5-9(7-10)14(33,17(25,26)27)18(28,29)30;1-4-14(2,3)13(17)19-16-8-11-5-12(9-16)7-15(18,6-11)10-16;1-4-13(2,3)12(15)18-9-7-5-6-8(16-7)10(9)17-11(6)14;1-5-12(3,4)11(14)15-13(6-2)9-7-8-10-13/h8-10,32-33H,4-7H2,1-3H3;11-12,18H,4-10H2,1-3H3;6-10H,4-5H2,1-3H3;5-10H2,1-4H3. The van der Waals surface area contributed by atoms with Gasteiger partial charge in [-0.25, -0.2) is 0 Å². The molecule has 3 heterocycles. The van der Waals surface area contributed by atoms with Crippen molar-refractivity contribution in [3.05, 3.63) is 0 Å². The van der Waals surface area contributed by atoms with Gasteiger partial charge in [-0.05, 0) is 183 Å². The van der Waals surface area contributed by atoms with Crippen molar-refractivity contribution < 1.29 is 120 Å². The minimum atomic E-state index is -6.58. The smallest absolute Gasteiger partial charge is 0.426 e. The molecular formula is C60H90F12O14. The highest BCUT2D eigenvalue weighted by atomic mass is 19.4. The lowest BCUT2D eigenvalue weighted by molar-refractivity contribution is -0.405. The number of alkyl halides is 12. The normalized spacial score (nSPS) is 31.5. The fourth-order valence-corrected chi connectivity index (χ4v) is 13.3. The third-order valence-electron chi connectivity index (χ3n) is 20.4. The van der Waals surface area contributed by atoms with Crippen molar-refractivity contribution in [3.8, 4) is 0 Å². The molecule has 0 radical (unpaired) electrons. The Morgan fingerprint density at radius 3 is 1.31 bits per heavy atom. The molecule has 0 amide bonds. The summed E-state index contributed by atoms with van der Waals surface area (Å²) in [5.74, 6) is -7.64. The predicted molar refractivity (Wildman–Crippen MR) is 284 cm³/mol. The molecule has 3 saturated heterocycles. The van der Waals surface area contributed by atoms with E-state index in [1.54, 1.807) is 0 Å². The third-order valence-corrected chi connectivity index (χ3v) is 20.4. The molecule has 3 N–H and O–H groups in total. The number of fused-ring (bicyclic) bond motifs is 1. The van der Waals surface area contributed by atoms with Gasteiger partial charge in [0.2, 0.25) is 0 Å². The predicted octanol–water partition coefficient (Wildman–Crippen LogP) is 13.2. The lowest BCUT2D eigenvalue weighted by Gasteiger charge is -2.59. The number of carbonyl (C=O) groups is 5. The van der Waals surface area contributed by atoms with E-state index < -0.39 is 113 Å². The molecule has 3 aliphatic heterocycles. The number of hydrogen-bond acceptors (Lipinski definition) is 14. The lowest BCUT2D eigenvalue weighted by atomic mass is 9.52. The summed E-state index contributed by atoms with van der Waals surface area (Å²) >= 11 is 0. The third kappa shape index (κ3) is 14.9. The molecule has 86 heavy (non-hydrogen) atoms. The summed E-state index contributed by atoms with van der Waals surface area (Å²) in [5, 5.41) is 29.9. The molecule has 9 atom stereocenters. The van der Waals surface area contributed by atoms with E-state index in [9.17, 15) is 92.0 Å². The topological polar surface area (TPSA) is 201 Å². The highest BCUT2D eigenvalue weighted by molar-refractivity contribution is 5.79. The van der Waals surface area contributed by atoms with E-state index in [2.05, 4.69) is 6.92 Å². The molecule has 9 unspecified atom stereocenters. The minimum Gasteiger partial charge on any atom is -0.462 e. The van der Waals surface area contributed by atoms with Crippen LogP contribution in [0.15, 0.2) is 0 Å². The Balaban J connectivity index is 0.000000221. The van der Waals surface area contributed by atoms with E-state index in [-0.39, 0.29) is 65.0 Å². The van der Waals surface area contributed by atoms with Gasteiger partial charge in [0.25, 0.3) is 11.2 Å². The average Bonchev–Trinajstić information content (AvgIpc) is 0.891. The Kier molecular flexibility index (Phi) is 21.4. The fourth-order valence-electron chi connectivity index (χ4n) is 13.3. The second kappa shape index (κ2) is 25.2. The Hall–Kier alpha value is -3.65. The van der Waals surface area contributed by atoms with Crippen LogP contribution in [-0.2, 0) is 52.4 Å². The summed E-state index contributed by atoms with van der Waals surface area (Å²) in [7, 11) is 0. The van der Waals surface area contributed by atoms with Gasteiger partial charge in [-0.2, -0.15) is 52.7 Å². The first-order valence-corrected chi connectivity index (χ1v) is 30.1. The summed E-state index contributed by atoms with van der Waals surface area (Å²) in [6, 6.07) is 0. The van der Waals surface area contributed by atoms with Crippen LogP contribution >= 0.6 is 0 Å². The van der Waals surface area contributed by atoms with Crippen molar-refractivity contribution in [2.75, 3.05) is 0 Å². The largest absolute Gasteiger partial charge is 0.462 e. The van der Waals surface area contributed by atoms with E-state index in [1.165, 1.54) is 40.0 Å². The molecule has 0 spiro atoms. The molecule has 9 aliphatic rings. The maximum atomic E-state index is 13.3. The van der Waals surface area contributed by atoms with Crippen LogP contribution in [0, 0.1) is 51.2 Å². The van der Waals surface area contributed by atoms with Crippen LogP contribution in [0.5, 0.6) is 0 Å². The van der Waals surface area contributed by atoms with E-state index in [4.69, 9.17) is 28.4 Å². The molecule has 26 heteroatoms. The molecule has 6 bridgehead atoms. The molecule has 14 nitrogen and oxygen atoms in total. The van der Waals surface area contributed by atoms with Crippen LogP contribution in [0.2, 0.25) is 0 Å². The summed E-state index contributed by atoms with van der Waals surface area (Å²) in [6.07, 6.45) is -21.1.